The molecule has 0 saturated carbocycles. The van der Waals surface area contributed by atoms with E-state index in [4.69, 9.17) is 5.73 Å². The minimum Gasteiger partial charge on any atom is -0.387 e. The summed E-state index contributed by atoms with van der Waals surface area (Å²) < 4.78 is 1.94. The third-order valence-corrected chi connectivity index (χ3v) is 2.36. The standard InChI is InChI=1S/C10H13N3O/c1-13-6-12-8-4-7(10(14)5-11)2-3-9(8)13/h2-4,6,10,14H,5,11H2,1H3/t10-/m0/s1. The summed E-state index contributed by atoms with van der Waals surface area (Å²) in [6.07, 6.45) is 1.16. The Morgan fingerprint density at radius 1 is 1.57 bits per heavy atom. The molecule has 1 heterocycles. The molecule has 0 radical (unpaired) electrons. The normalized spacial score (nSPS) is 13.4. The van der Waals surface area contributed by atoms with Crippen molar-refractivity contribution in [3.8, 4) is 0 Å². The molecule has 0 aliphatic carbocycles. The maximum Gasteiger partial charge on any atom is 0.0955 e. The van der Waals surface area contributed by atoms with Gasteiger partial charge in [-0.2, -0.15) is 0 Å². The number of nitrogens with two attached hydrogens (primary N) is 1. The van der Waals surface area contributed by atoms with E-state index in [-0.39, 0.29) is 6.54 Å². The molecule has 0 saturated heterocycles. The van der Waals surface area contributed by atoms with Crippen LogP contribution in [0.25, 0.3) is 11.0 Å². The molecule has 2 rings (SSSR count). The van der Waals surface area contributed by atoms with Gasteiger partial charge in [0, 0.05) is 13.6 Å². The molecule has 0 amide bonds. The third kappa shape index (κ3) is 1.38. The number of benzene rings is 1. The number of fused-ring (bicyclic) bond motifs is 1. The van der Waals surface area contributed by atoms with Crippen LogP contribution in [-0.2, 0) is 7.05 Å². The van der Waals surface area contributed by atoms with Gasteiger partial charge >= 0.3 is 0 Å². The van der Waals surface area contributed by atoms with Crippen LogP contribution < -0.4 is 5.73 Å². The van der Waals surface area contributed by atoms with Gasteiger partial charge in [-0.3, -0.25) is 0 Å². The largest absolute Gasteiger partial charge is 0.387 e. The minimum atomic E-state index is -0.596. The molecule has 0 aliphatic heterocycles. The summed E-state index contributed by atoms with van der Waals surface area (Å²) in [5.74, 6) is 0. The van der Waals surface area contributed by atoms with Crippen molar-refractivity contribution in [2.45, 2.75) is 6.10 Å². The first-order valence-corrected chi connectivity index (χ1v) is 4.51. The smallest absolute Gasteiger partial charge is 0.0955 e. The first-order valence-electron chi connectivity index (χ1n) is 4.51. The highest BCUT2D eigenvalue weighted by Crippen LogP contribution is 2.18. The highest BCUT2D eigenvalue weighted by atomic mass is 16.3. The number of imidazole rings is 1. The first kappa shape index (κ1) is 9.18. The van der Waals surface area contributed by atoms with Crippen molar-refractivity contribution in [3.63, 3.8) is 0 Å². The molecule has 0 bridgehead atoms. The second-order valence-electron chi connectivity index (χ2n) is 3.36. The minimum absolute atomic E-state index is 0.234. The van der Waals surface area contributed by atoms with E-state index in [2.05, 4.69) is 4.98 Å². The zero-order valence-corrected chi connectivity index (χ0v) is 8.01. The molecular formula is C10H13N3O. The van der Waals surface area contributed by atoms with Crippen molar-refractivity contribution in [1.82, 2.24) is 9.55 Å². The van der Waals surface area contributed by atoms with Crippen molar-refractivity contribution in [2.75, 3.05) is 6.54 Å². The Kier molecular flexibility index (Phi) is 2.23. The summed E-state index contributed by atoms with van der Waals surface area (Å²) in [6.45, 7) is 0.234. The number of rotatable bonds is 2. The van der Waals surface area contributed by atoms with Gasteiger partial charge < -0.3 is 15.4 Å². The molecule has 1 aromatic carbocycles. The van der Waals surface area contributed by atoms with Gasteiger partial charge in [-0.25, -0.2) is 4.98 Å². The number of nitrogens with zero attached hydrogens (tertiary/aromatic N) is 2. The zero-order valence-electron chi connectivity index (χ0n) is 8.01. The van der Waals surface area contributed by atoms with Crippen LogP contribution in [0.5, 0.6) is 0 Å². The lowest BCUT2D eigenvalue weighted by Crippen LogP contribution is -2.11. The summed E-state index contributed by atoms with van der Waals surface area (Å²) >= 11 is 0. The Labute approximate surface area is 82.0 Å². The first-order chi connectivity index (χ1) is 6.72. The number of aliphatic hydroxyl groups excluding tert-OH is 1. The SMILES string of the molecule is Cn1cnc2cc([C@@H](O)CN)ccc21. The van der Waals surface area contributed by atoms with Crippen molar-refractivity contribution in [1.29, 1.82) is 0 Å². The highest BCUT2D eigenvalue weighted by Gasteiger charge is 2.07. The van der Waals surface area contributed by atoms with Gasteiger partial charge in [-0.15, -0.1) is 0 Å². The lowest BCUT2D eigenvalue weighted by atomic mass is 10.1. The van der Waals surface area contributed by atoms with Crippen molar-refractivity contribution in [2.24, 2.45) is 12.8 Å². The Hall–Kier alpha value is -1.39. The van der Waals surface area contributed by atoms with Crippen LogP contribution in [-0.4, -0.2) is 21.2 Å². The molecular weight excluding hydrogens is 178 g/mol. The van der Waals surface area contributed by atoms with E-state index in [0.717, 1.165) is 16.6 Å². The van der Waals surface area contributed by atoms with E-state index in [9.17, 15) is 5.11 Å². The van der Waals surface area contributed by atoms with Gasteiger partial charge in [-0.1, -0.05) is 6.07 Å². The molecule has 74 valence electrons. The number of aromatic nitrogens is 2. The summed E-state index contributed by atoms with van der Waals surface area (Å²) in [6, 6.07) is 5.69. The van der Waals surface area contributed by atoms with Gasteiger partial charge in [0.1, 0.15) is 0 Å². The fourth-order valence-electron chi connectivity index (χ4n) is 1.50. The Morgan fingerprint density at radius 2 is 2.36 bits per heavy atom. The molecule has 0 fully saturated rings. The Bertz CT molecular complexity index is 450. The maximum absolute atomic E-state index is 9.54. The van der Waals surface area contributed by atoms with Gasteiger partial charge in [0.15, 0.2) is 0 Å². The summed E-state index contributed by atoms with van der Waals surface area (Å²) in [5, 5.41) is 9.54. The maximum atomic E-state index is 9.54. The average Bonchev–Trinajstić information content (AvgIpc) is 2.59. The number of hydrogen-bond acceptors (Lipinski definition) is 3. The molecule has 1 atom stereocenters. The van der Waals surface area contributed by atoms with E-state index < -0.39 is 6.10 Å². The lowest BCUT2D eigenvalue weighted by molar-refractivity contribution is 0.187. The molecule has 2 aromatic rings. The number of aliphatic hydroxyl groups is 1. The van der Waals surface area contributed by atoms with Crippen LogP contribution in [0.1, 0.15) is 11.7 Å². The number of hydrogen-bond donors (Lipinski definition) is 2. The predicted octanol–water partition coefficient (Wildman–Crippen LogP) is 0.565. The summed E-state index contributed by atoms with van der Waals surface area (Å²) in [4.78, 5) is 4.21. The molecule has 0 aliphatic rings. The number of aryl methyl sites for hydroxylation is 1. The van der Waals surface area contributed by atoms with Crippen LogP contribution >= 0.6 is 0 Å². The highest BCUT2D eigenvalue weighted by molar-refractivity contribution is 5.76. The van der Waals surface area contributed by atoms with Gasteiger partial charge in [-0.05, 0) is 17.7 Å². The molecule has 3 N–H and O–H groups in total. The van der Waals surface area contributed by atoms with Gasteiger partial charge in [0.2, 0.25) is 0 Å². The Morgan fingerprint density at radius 3 is 3.07 bits per heavy atom. The van der Waals surface area contributed by atoms with E-state index in [1.165, 1.54) is 0 Å². The molecule has 0 spiro atoms. The molecule has 1 aromatic heterocycles. The fourth-order valence-corrected chi connectivity index (χ4v) is 1.50. The quantitative estimate of drug-likeness (QED) is 0.729. The molecule has 14 heavy (non-hydrogen) atoms. The van der Waals surface area contributed by atoms with E-state index in [1.54, 1.807) is 6.33 Å². The van der Waals surface area contributed by atoms with E-state index >= 15 is 0 Å². The molecule has 4 nitrogen and oxygen atoms in total. The second-order valence-corrected chi connectivity index (χ2v) is 3.36. The zero-order chi connectivity index (χ0) is 10.1. The van der Waals surface area contributed by atoms with Crippen LogP contribution in [0.2, 0.25) is 0 Å². The van der Waals surface area contributed by atoms with Crippen molar-refractivity contribution in [3.05, 3.63) is 30.1 Å². The van der Waals surface area contributed by atoms with E-state index in [1.807, 2.05) is 29.8 Å². The second kappa shape index (κ2) is 3.40. The van der Waals surface area contributed by atoms with Crippen molar-refractivity contribution >= 4 is 11.0 Å². The van der Waals surface area contributed by atoms with Crippen molar-refractivity contribution < 1.29 is 5.11 Å². The fraction of sp³-hybridized carbons (Fsp3) is 0.300. The Balaban J connectivity index is 2.52. The van der Waals surface area contributed by atoms with Crippen LogP contribution in [0.3, 0.4) is 0 Å². The van der Waals surface area contributed by atoms with Gasteiger partial charge in [0.25, 0.3) is 0 Å². The predicted molar refractivity (Wildman–Crippen MR) is 54.7 cm³/mol. The summed E-state index contributed by atoms with van der Waals surface area (Å²) in [5.41, 5.74) is 8.14. The van der Waals surface area contributed by atoms with E-state index in [0.29, 0.717) is 0 Å². The third-order valence-electron chi connectivity index (χ3n) is 2.36. The van der Waals surface area contributed by atoms with Gasteiger partial charge in [0.05, 0.1) is 23.5 Å². The van der Waals surface area contributed by atoms with Crippen LogP contribution in [0.15, 0.2) is 24.5 Å². The molecule has 0 unspecified atom stereocenters. The van der Waals surface area contributed by atoms with Crippen LogP contribution in [0, 0.1) is 0 Å². The topological polar surface area (TPSA) is 64.1 Å². The lowest BCUT2D eigenvalue weighted by Gasteiger charge is -2.07. The molecule has 4 heteroatoms. The summed E-state index contributed by atoms with van der Waals surface area (Å²) in [7, 11) is 1.94. The van der Waals surface area contributed by atoms with Crippen LogP contribution in [0.4, 0.5) is 0 Å². The average molecular weight is 191 g/mol. The monoisotopic (exact) mass is 191 g/mol.